The summed E-state index contributed by atoms with van der Waals surface area (Å²) in [6.45, 7) is 12.3. The van der Waals surface area contributed by atoms with E-state index >= 15 is 0 Å². The van der Waals surface area contributed by atoms with E-state index in [-0.39, 0.29) is 11.8 Å². The molecule has 6 nitrogen and oxygen atoms in total. The maximum absolute atomic E-state index is 11.7. The Morgan fingerprint density at radius 1 is 0.857 bits per heavy atom. The zero-order chi connectivity index (χ0) is 15.5. The quantitative estimate of drug-likeness (QED) is 0.598. The van der Waals surface area contributed by atoms with Crippen LogP contribution in [0.15, 0.2) is 25.3 Å². The highest BCUT2D eigenvalue weighted by Gasteiger charge is 2.18. The summed E-state index contributed by atoms with van der Waals surface area (Å²) in [7, 11) is 0. The fraction of sp³-hybridized carbons (Fsp3) is 0.600. The molecule has 0 aromatic carbocycles. The van der Waals surface area contributed by atoms with Crippen LogP contribution in [0.3, 0.4) is 0 Å². The van der Waals surface area contributed by atoms with Crippen LogP contribution in [-0.4, -0.2) is 74.0 Å². The summed E-state index contributed by atoms with van der Waals surface area (Å²) in [5, 5.41) is 5.56. The number of nitrogens with zero attached hydrogens (tertiary/aromatic N) is 2. The number of amides is 2. The van der Waals surface area contributed by atoms with Gasteiger partial charge in [0.15, 0.2) is 0 Å². The Balaban J connectivity index is 2.29. The fourth-order valence-corrected chi connectivity index (χ4v) is 2.23. The Morgan fingerprint density at radius 2 is 1.29 bits per heavy atom. The van der Waals surface area contributed by atoms with Gasteiger partial charge in [-0.05, 0) is 19.5 Å². The van der Waals surface area contributed by atoms with Crippen molar-refractivity contribution in [1.29, 1.82) is 0 Å². The van der Waals surface area contributed by atoms with Crippen molar-refractivity contribution in [2.45, 2.75) is 6.42 Å². The number of carbonyl (C=O) groups excluding carboxylic acids is 2. The second-order valence-corrected chi connectivity index (χ2v) is 5.09. The van der Waals surface area contributed by atoms with Crippen LogP contribution >= 0.6 is 0 Å². The van der Waals surface area contributed by atoms with Gasteiger partial charge in [0.25, 0.3) is 0 Å². The van der Waals surface area contributed by atoms with Gasteiger partial charge < -0.3 is 10.6 Å². The van der Waals surface area contributed by atoms with Gasteiger partial charge in [0, 0.05) is 26.2 Å². The highest BCUT2D eigenvalue weighted by atomic mass is 16.2. The van der Waals surface area contributed by atoms with Gasteiger partial charge in [0.2, 0.25) is 11.8 Å². The zero-order valence-corrected chi connectivity index (χ0v) is 12.6. The molecule has 1 heterocycles. The van der Waals surface area contributed by atoms with Gasteiger partial charge in [-0.15, -0.1) is 13.2 Å². The molecule has 0 aliphatic carbocycles. The minimum atomic E-state index is 0.0204. The molecule has 0 aromatic heterocycles. The predicted octanol–water partition coefficient (Wildman–Crippen LogP) is -0.401. The first-order chi connectivity index (χ1) is 10.2. The maximum atomic E-state index is 11.7. The molecule has 1 saturated heterocycles. The second kappa shape index (κ2) is 10.1. The molecule has 2 N–H and O–H groups in total. The summed E-state index contributed by atoms with van der Waals surface area (Å²) >= 11 is 0. The first kappa shape index (κ1) is 17.4. The van der Waals surface area contributed by atoms with Crippen molar-refractivity contribution < 1.29 is 9.59 Å². The van der Waals surface area contributed by atoms with E-state index in [0.717, 1.165) is 32.6 Å². The van der Waals surface area contributed by atoms with Crippen molar-refractivity contribution in [3.63, 3.8) is 0 Å². The molecule has 6 heteroatoms. The molecule has 21 heavy (non-hydrogen) atoms. The van der Waals surface area contributed by atoms with Crippen molar-refractivity contribution in [2.75, 3.05) is 52.4 Å². The standard InChI is InChI=1S/C15H26N4O2/c1-3-6-16-14(20)12-18-8-5-9-19(11-10-18)13-15(21)17-7-4-2/h3-4H,1-2,5-13H2,(H,16,20)(H,17,21). The van der Waals surface area contributed by atoms with Crippen molar-refractivity contribution in [1.82, 2.24) is 20.4 Å². The average Bonchev–Trinajstić information content (AvgIpc) is 2.68. The molecule has 0 atom stereocenters. The summed E-state index contributed by atoms with van der Waals surface area (Å²) < 4.78 is 0. The molecule has 0 aromatic rings. The van der Waals surface area contributed by atoms with Crippen LogP contribution in [0.2, 0.25) is 0 Å². The Bertz CT molecular complexity index is 337. The molecular formula is C15H26N4O2. The number of hydrogen-bond donors (Lipinski definition) is 2. The van der Waals surface area contributed by atoms with Crippen molar-refractivity contribution in [3.8, 4) is 0 Å². The van der Waals surface area contributed by atoms with E-state index in [0.29, 0.717) is 26.2 Å². The minimum absolute atomic E-state index is 0.0204. The molecule has 0 unspecified atom stereocenters. The summed E-state index contributed by atoms with van der Waals surface area (Å²) in [6, 6.07) is 0. The van der Waals surface area contributed by atoms with Gasteiger partial charge in [-0.25, -0.2) is 0 Å². The third-order valence-electron chi connectivity index (χ3n) is 3.30. The van der Waals surface area contributed by atoms with Crippen LogP contribution < -0.4 is 10.6 Å². The Kier molecular flexibility index (Phi) is 8.38. The van der Waals surface area contributed by atoms with E-state index in [1.165, 1.54) is 0 Å². The Hall–Kier alpha value is -1.66. The zero-order valence-electron chi connectivity index (χ0n) is 12.6. The number of nitrogens with one attached hydrogen (secondary N) is 2. The van der Waals surface area contributed by atoms with Gasteiger partial charge in [-0.1, -0.05) is 12.2 Å². The van der Waals surface area contributed by atoms with Crippen LogP contribution in [0.25, 0.3) is 0 Å². The lowest BCUT2D eigenvalue weighted by atomic mass is 10.3. The molecule has 0 bridgehead atoms. The topological polar surface area (TPSA) is 64.7 Å². The van der Waals surface area contributed by atoms with Crippen molar-refractivity contribution >= 4 is 11.8 Å². The van der Waals surface area contributed by atoms with E-state index in [9.17, 15) is 9.59 Å². The molecular weight excluding hydrogens is 268 g/mol. The lowest BCUT2D eigenvalue weighted by Gasteiger charge is -2.20. The Labute approximate surface area is 126 Å². The van der Waals surface area contributed by atoms with Gasteiger partial charge in [0.1, 0.15) is 0 Å². The van der Waals surface area contributed by atoms with Gasteiger partial charge in [-0.3, -0.25) is 19.4 Å². The summed E-state index contributed by atoms with van der Waals surface area (Å²) in [5.74, 6) is 0.0409. The van der Waals surface area contributed by atoms with Crippen molar-refractivity contribution in [2.24, 2.45) is 0 Å². The van der Waals surface area contributed by atoms with E-state index in [2.05, 4.69) is 33.6 Å². The molecule has 0 saturated carbocycles. The highest BCUT2D eigenvalue weighted by molar-refractivity contribution is 5.78. The normalized spacial score (nSPS) is 16.8. The fourth-order valence-electron chi connectivity index (χ4n) is 2.23. The van der Waals surface area contributed by atoms with Gasteiger partial charge >= 0.3 is 0 Å². The predicted molar refractivity (Wildman–Crippen MR) is 83.9 cm³/mol. The largest absolute Gasteiger partial charge is 0.352 e. The smallest absolute Gasteiger partial charge is 0.234 e. The van der Waals surface area contributed by atoms with Crippen LogP contribution in [0.4, 0.5) is 0 Å². The SMILES string of the molecule is C=CCNC(=O)CN1CCCN(CC(=O)NCC=C)CC1. The van der Waals surface area contributed by atoms with Crippen molar-refractivity contribution in [3.05, 3.63) is 25.3 Å². The van der Waals surface area contributed by atoms with Gasteiger partial charge in [0.05, 0.1) is 13.1 Å². The number of hydrogen-bond acceptors (Lipinski definition) is 4. The molecule has 0 radical (unpaired) electrons. The average molecular weight is 294 g/mol. The van der Waals surface area contributed by atoms with E-state index in [1.807, 2.05) is 0 Å². The molecule has 1 fully saturated rings. The lowest BCUT2D eigenvalue weighted by Crippen LogP contribution is -2.41. The van der Waals surface area contributed by atoms with Gasteiger partial charge in [-0.2, -0.15) is 0 Å². The maximum Gasteiger partial charge on any atom is 0.234 e. The van der Waals surface area contributed by atoms with Crippen LogP contribution in [0.5, 0.6) is 0 Å². The third-order valence-corrected chi connectivity index (χ3v) is 3.30. The van der Waals surface area contributed by atoms with Crippen LogP contribution in [-0.2, 0) is 9.59 Å². The second-order valence-electron chi connectivity index (χ2n) is 5.09. The number of rotatable bonds is 8. The first-order valence-corrected chi connectivity index (χ1v) is 7.35. The lowest BCUT2D eigenvalue weighted by molar-refractivity contribution is -0.123. The highest BCUT2D eigenvalue weighted by Crippen LogP contribution is 2.02. The molecule has 1 rings (SSSR count). The monoisotopic (exact) mass is 294 g/mol. The summed E-state index contributed by atoms with van der Waals surface area (Å²) in [4.78, 5) is 27.6. The third kappa shape index (κ3) is 7.63. The molecule has 0 spiro atoms. The number of carbonyl (C=O) groups is 2. The Morgan fingerprint density at radius 3 is 1.67 bits per heavy atom. The molecule has 2 amide bonds. The minimum Gasteiger partial charge on any atom is -0.352 e. The van der Waals surface area contributed by atoms with Crippen LogP contribution in [0, 0.1) is 0 Å². The first-order valence-electron chi connectivity index (χ1n) is 7.35. The van der Waals surface area contributed by atoms with Crippen LogP contribution in [0.1, 0.15) is 6.42 Å². The van der Waals surface area contributed by atoms with E-state index < -0.39 is 0 Å². The van der Waals surface area contributed by atoms with E-state index in [1.54, 1.807) is 12.2 Å². The summed E-state index contributed by atoms with van der Waals surface area (Å²) in [5.41, 5.74) is 0. The van der Waals surface area contributed by atoms with E-state index in [4.69, 9.17) is 0 Å². The molecule has 1 aliphatic heterocycles. The summed E-state index contributed by atoms with van der Waals surface area (Å²) in [6.07, 6.45) is 4.30. The molecule has 118 valence electrons. The molecule has 1 aliphatic rings.